The van der Waals surface area contributed by atoms with E-state index in [2.05, 4.69) is 20.5 Å². The number of anilines is 1. The number of hydrogen-bond donors (Lipinski definition) is 2. The van der Waals surface area contributed by atoms with E-state index in [4.69, 9.17) is 0 Å². The second-order valence-corrected chi connectivity index (χ2v) is 17.8. The molecule has 4 aliphatic heterocycles. The first-order chi connectivity index (χ1) is 30.7. The Bertz CT molecular complexity index is 2170. The minimum absolute atomic E-state index is 0.0739. The van der Waals surface area contributed by atoms with Crippen molar-refractivity contribution in [2.75, 3.05) is 56.5 Å². The van der Waals surface area contributed by atoms with Crippen LogP contribution < -0.4 is 15.5 Å². The molecule has 5 heterocycles. The van der Waals surface area contributed by atoms with E-state index in [9.17, 15) is 33.6 Å². The predicted octanol–water partition coefficient (Wildman–Crippen LogP) is 5.73. The van der Waals surface area contributed by atoms with Gasteiger partial charge in [-0.1, -0.05) is 37.8 Å². The lowest BCUT2D eigenvalue weighted by Crippen LogP contribution is -2.54. The van der Waals surface area contributed by atoms with Crippen molar-refractivity contribution in [3.05, 3.63) is 95.3 Å². The van der Waals surface area contributed by atoms with Gasteiger partial charge in [-0.05, 0) is 104 Å². The molecular formula is C48H57N7O7S. The highest BCUT2D eigenvalue weighted by Gasteiger charge is 2.45. The van der Waals surface area contributed by atoms with Crippen molar-refractivity contribution in [3.8, 4) is 0 Å². The van der Waals surface area contributed by atoms with Gasteiger partial charge in [0.25, 0.3) is 17.7 Å². The van der Waals surface area contributed by atoms with Gasteiger partial charge in [0.15, 0.2) is 0 Å². The summed E-state index contributed by atoms with van der Waals surface area (Å²) in [5.74, 6) is -0.520. The molecule has 3 fully saturated rings. The summed E-state index contributed by atoms with van der Waals surface area (Å²) in [6.07, 6.45) is 16.0. The predicted molar refractivity (Wildman–Crippen MR) is 241 cm³/mol. The number of carbonyl (C=O) groups is 7. The van der Waals surface area contributed by atoms with Crippen molar-refractivity contribution < 1.29 is 33.6 Å². The first-order valence-corrected chi connectivity index (χ1v) is 23.4. The fourth-order valence-corrected chi connectivity index (χ4v) is 9.87. The van der Waals surface area contributed by atoms with Crippen molar-refractivity contribution >= 4 is 64.9 Å². The van der Waals surface area contributed by atoms with Crippen molar-refractivity contribution in [1.82, 2.24) is 30.3 Å². The van der Waals surface area contributed by atoms with E-state index in [0.717, 1.165) is 106 Å². The molecule has 0 radical (unpaired) electrons. The molecule has 1 atom stereocenters. The SMILES string of the molecule is O=C(/C=C/c1cccnc1)NCCCCC1CCN(C(=O)c2ccc(N3CCN(C(=O)CCCCCCSc4cccc5c4C(=O)N(C4CCC(=O)NC4=O)C5=O)CC3)cc2)CC1. The maximum absolute atomic E-state index is 13.3. The van der Waals surface area contributed by atoms with Gasteiger partial charge in [-0.15, -0.1) is 11.8 Å². The number of thioether (sulfide) groups is 1. The molecule has 0 saturated carbocycles. The monoisotopic (exact) mass is 875 g/mol. The lowest BCUT2D eigenvalue weighted by atomic mass is 9.91. The standard InChI is InChI=1S/C48H57N7O7S/c56-41(20-14-35-10-8-24-49-33-35)50-25-5-4-9-34-22-26-54(27-23-34)46(60)36-15-17-37(18-16-36)52-28-30-53(31-29-52)43(58)13-3-1-2-6-32-63-40-12-7-11-38-44(40)48(62)55(47(38)61)39-19-21-42(57)51-45(39)59/h7-8,10-12,14-18,20,24,33-34,39H,1-6,9,13,19,21-23,25-32H2,(H,50,56)(H,51,57,59)/b20-14+. The van der Waals surface area contributed by atoms with Crippen LogP contribution in [-0.2, 0) is 19.2 Å². The highest BCUT2D eigenvalue weighted by atomic mass is 32.2. The molecule has 0 aliphatic carbocycles. The van der Waals surface area contributed by atoms with E-state index >= 15 is 0 Å². The minimum atomic E-state index is -0.985. The largest absolute Gasteiger partial charge is 0.368 e. The third-order valence-electron chi connectivity index (χ3n) is 12.4. The Hall–Kier alpha value is -5.83. The lowest BCUT2D eigenvalue weighted by Gasteiger charge is -2.36. The number of piperazine rings is 1. The molecule has 63 heavy (non-hydrogen) atoms. The average molecular weight is 876 g/mol. The molecule has 0 bridgehead atoms. The molecule has 14 nitrogen and oxygen atoms in total. The van der Waals surface area contributed by atoms with Crippen LogP contribution in [0.4, 0.5) is 5.69 Å². The quantitative estimate of drug-likeness (QED) is 0.0698. The highest BCUT2D eigenvalue weighted by Crippen LogP contribution is 2.35. The number of unbranched alkanes of at least 4 members (excludes halogenated alkanes) is 4. The number of likely N-dealkylation sites (tertiary alicyclic amines) is 1. The number of fused-ring (bicyclic) bond motifs is 1. The first-order valence-electron chi connectivity index (χ1n) is 22.4. The van der Waals surface area contributed by atoms with E-state index in [-0.39, 0.29) is 36.1 Å². The highest BCUT2D eigenvalue weighted by molar-refractivity contribution is 7.99. The van der Waals surface area contributed by atoms with E-state index < -0.39 is 29.7 Å². The van der Waals surface area contributed by atoms with Crippen LogP contribution in [0.15, 0.2) is 78.0 Å². The van der Waals surface area contributed by atoms with Crippen LogP contribution in [0.2, 0.25) is 0 Å². The van der Waals surface area contributed by atoms with Crippen LogP contribution in [0.1, 0.15) is 114 Å². The zero-order valence-corrected chi connectivity index (χ0v) is 36.6. The normalized spacial score (nSPS) is 18.3. The maximum atomic E-state index is 13.3. The van der Waals surface area contributed by atoms with Gasteiger partial charge in [-0.25, -0.2) is 0 Å². The fraction of sp³-hybridized carbons (Fsp3) is 0.458. The zero-order valence-electron chi connectivity index (χ0n) is 35.8. The summed E-state index contributed by atoms with van der Waals surface area (Å²) in [5.41, 5.74) is 3.26. The molecule has 332 valence electrons. The van der Waals surface area contributed by atoms with Crippen LogP contribution in [-0.4, -0.2) is 119 Å². The summed E-state index contributed by atoms with van der Waals surface area (Å²) in [7, 11) is 0. The maximum Gasteiger partial charge on any atom is 0.263 e. The number of aromatic nitrogens is 1. The number of amides is 7. The molecule has 4 aliphatic rings. The minimum Gasteiger partial charge on any atom is -0.368 e. The summed E-state index contributed by atoms with van der Waals surface area (Å²) in [4.78, 5) is 101. The number of nitrogens with one attached hydrogen (secondary N) is 2. The van der Waals surface area contributed by atoms with Crippen LogP contribution in [0.25, 0.3) is 6.08 Å². The molecule has 7 rings (SSSR count). The van der Waals surface area contributed by atoms with Gasteiger partial charge in [0, 0.05) is 93.3 Å². The van der Waals surface area contributed by atoms with Crippen LogP contribution in [0.3, 0.4) is 0 Å². The Morgan fingerprint density at radius 2 is 1.57 bits per heavy atom. The molecule has 7 amide bonds. The average Bonchev–Trinajstić information content (AvgIpc) is 3.56. The van der Waals surface area contributed by atoms with Crippen LogP contribution >= 0.6 is 11.8 Å². The summed E-state index contributed by atoms with van der Waals surface area (Å²) in [6, 6.07) is 15.8. The third kappa shape index (κ3) is 11.8. The molecule has 3 aromatic rings. The summed E-state index contributed by atoms with van der Waals surface area (Å²) in [6.45, 7) is 4.96. The number of pyridine rings is 1. The van der Waals surface area contributed by atoms with Gasteiger partial charge in [-0.2, -0.15) is 0 Å². The topological polar surface area (TPSA) is 169 Å². The number of rotatable bonds is 18. The summed E-state index contributed by atoms with van der Waals surface area (Å²) >= 11 is 1.52. The van der Waals surface area contributed by atoms with Crippen molar-refractivity contribution in [1.29, 1.82) is 0 Å². The Balaban J connectivity index is 0.734. The summed E-state index contributed by atoms with van der Waals surface area (Å²) in [5, 5.41) is 5.18. The summed E-state index contributed by atoms with van der Waals surface area (Å²) < 4.78 is 0. The number of benzene rings is 2. The van der Waals surface area contributed by atoms with Crippen LogP contribution in [0, 0.1) is 5.92 Å². The van der Waals surface area contributed by atoms with E-state index in [1.54, 1.807) is 36.7 Å². The van der Waals surface area contributed by atoms with Gasteiger partial charge in [0.1, 0.15) is 6.04 Å². The molecule has 2 aromatic carbocycles. The number of carbonyl (C=O) groups excluding carboxylic acids is 7. The Labute approximate surface area is 373 Å². The van der Waals surface area contributed by atoms with Crippen molar-refractivity contribution in [2.24, 2.45) is 5.92 Å². The zero-order chi connectivity index (χ0) is 44.1. The smallest absolute Gasteiger partial charge is 0.263 e. The molecule has 2 N–H and O–H groups in total. The van der Waals surface area contributed by atoms with Gasteiger partial charge >= 0.3 is 0 Å². The number of hydrogen-bond acceptors (Lipinski definition) is 10. The first kappa shape index (κ1) is 45.2. The van der Waals surface area contributed by atoms with Gasteiger partial charge in [0.2, 0.25) is 23.6 Å². The molecule has 0 spiro atoms. The molecule has 1 unspecified atom stereocenters. The third-order valence-corrected chi connectivity index (χ3v) is 13.6. The second-order valence-electron chi connectivity index (χ2n) is 16.7. The van der Waals surface area contributed by atoms with Crippen molar-refractivity contribution in [3.63, 3.8) is 0 Å². The molecule has 3 saturated heterocycles. The van der Waals surface area contributed by atoms with E-state index in [0.29, 0.717) is 48.0 Å². The van der Waals surface area contributed by atoms with Gasteiger partial charge in [0.05, 0.1) is 11.1 Å². The number of piperidine rings is 2. The van der Waals surface area contributed by atoms with E-state index in [1.807, 2.05) is 52.3 Å². The number of imide groups is 2. The van der Waals surface area contributed by atoms with Gasteiger partial charge < -0.3 is 20.0 Å². The fourth-order valence-electron chi connectivity index (χ4n) is 8.79. The number of nitrogens with zero attached hydrogens (tertiary/aromatic N) is 5. The Morgan fingerprint density at radius 3 is 2.32 bits per heavy atom. The van der Waals surface area contributed by atoms with Crippen LogP contribution in [0.5, 0.6) is 0 Å². The molecule has 1 aromatic heterocycles. The molecular weight excluding hydrogens is 819 g/mol. The Morgan fingerprint density at radius 1 is 0.794 bits per heavy atom. The lowest BCUT2D eigenvalue weighted by molar-refractivity contribution is -0.136. The van der Waals surface area contributed by atoms with E-state index in [1.165, 1.54) is 11.8 Å². The Kier molecular flexibility index (Phi) is 15.8. The molecule has 15 heteroatoms. The van der Waals surface area contributed by atoms with Gasteiger partial charge in [-0.3, -0.25) is 48.8 Å². The van der Waals surface area contributed by atoms with Crippen molar-refractivity contribution in [2.45, 2.75) is 88.0 Å². The second kappa shape index (κ2) is 22.0.